The van der Waals surface area contributed by atoms with Crippen LogP contribution in [0.15, 0.2) is 30.3 Å². The summed E-state index contributed by atoms with van der Waals surface area (Å²) in [4.78, 5) is 7.40. The molecule has 0 aliphatic carbocycles. The quantitative estimate of drug-likeness (QED) is 0.936. The summed E-state index contributed by atoms with van der Waals surface area (Å²) in [5.41, 5.74) is 2.38. The molecule has 2 aromatic rings. The molecule has 1 aliphatic rings. The zero-order chi connectivity index (χ0) is 14.8. The molecular weight excluding hydrogens is 258 g/mol. The Morgan fingerprint density at radius 2 is 2.14 bits per heavy atom. The number of para-hydroxylation sites is 1. The Kier molecular flexibility index (Phi) is 4.11. The molecule has 3 nitrogen and oxygen atoms in total. The lowest BCUT2D eigenvalue weighted by atomic mass is 9.91. The molecule has 1 aliphatic heterocycles. The Bertz CT molecular complexity index is 623. The van der Waals surface area contributed by atoms with Crippen molar-refractivity contribution in [1.82, 2.24) is 10.3 Å². The van der Waals surface area contributed by atoms with Gasteiger partial charge in [-0.1, -0.05) is 18.2 Å². The first kappa shape index (κ1) is 14.3. The van der Waals surface area contributed by atoms with E-state index in [-0.39, 0.29) is 0 Å². The molecule has 1 saturated heterocycles. The summed E-state index contributed by atoms with van der Waals surface area (Å²) < 4.78 is 0. The van der Waals surface area contributed by atoms with E-state index in [1.54, 1.807) is 0 Å². The molecule has 0 amide bonds. The van der Waals surface area contributed by atoms with Crippen LogP contribution in [-0.4, -0.2) is 31.2 Å². The van der Waals surface area contributed by atoms with Crippen LogP contribution in [0.2, 0.25) is 0 Å². The van der Waals surface area contributed by atoms with Crippen LogP contribution in [0.25, 0.3) is 10.9 Å². The highest BCUT2D eigenvalue weighted by Crippen LogP contribution is 2.28. The van der Waals surface area contributed by atoms with Gasteiger partial charge in [-0.05, 0) is 57.4 Å². The van der Waals surface area contributed by atoms with E-state index in [9.17, 15) is 0 Å². The Morgan fingerprint density at radius 1 is 1.33 bits per heavy atom. The van der Waals surface area contributed by atoms with Crippen molar-refractivity contribution in [3.63, 3.8) is 0 Å². The number of hydrogen-bond acceptors (Lipinski definition) is 3. The number of aryl methyl sites for hydroxylation is 1. The normalized spacial score (nSPS) is 20.7. The summed E-state index contributed by atoms with van der Waals surface area (Å²) in [5, 5.41) is 4.64. The SMILES string of the molecule is CNC(C)C1CCCN(c2nc3ccccc3cc2C)C1. The van der Waals surface area contributed by atoms with E-state index in [1.807, 2.05) is 0 Å². The van der Waals surface area contributed by atoms with Crippen molar-refractivity contribution in [2.45, 2.75) is 32.7 Å². The van der Waals surface area contributed by atoms with Crippen molar-refractivity contribution in [2.24, 2.45) is 5.92 Å². The molecule has 112 valence electrons. The van der Waals surface area contributed by atoms with Crippen molar-refractivity contribution in [3.8, 4) is 0 Å². The minimum absolute atomic E-state index is 0.563. The average molecular weight is 283 g/mol. The van der Waals surface area contributed by atoms with Crippen LogP contribution in [0.4, 0.5) is 5.82 Å². The number of aromatic nitrogens is 1. The summed E-state index contributed by atoms with van der Waals surface area (Å²) in [5.74, 6) is 1.87. The number of pyridine rings is 1. The number of anilines is 1. The van der Waals surface area contributed by atoms with E-state index >= 15 is 0 Å². The maximum Gasteiger partial charge on any atom is 0.132 e. The first-order chi connectivity index (χ1) is 10.2. The number of piperidine rings is 1. The second-order valence-corrected chi connectivity index (χ2v) is 6.25. The van der Waals surface area contributed by atoms with Crippen LogP contribution in [0, 0.1) is 12.8 Å². The predicted molar refractivity (Wildman–Crippen MR) is 89.9 cm³/mol. The molecule has 0 saturated carbocycles. The van der Waals surface area contributed by atoms with Crippen LogP contribution in [0.5, 0.6) is 0 Å². The first-order valence-corrected chi connectivity index (χ1v) is 7.97. The van der Waals surface area contributed by atoms with Crippen molar-refractivity contribution >= 4 is 16.7 Å². The number of benzene rings is 1. The van der Waals surface area contributed by atoms with Crippen LogP contribution >= 0.6 is 0 Å². The Hall–Kier alpha value is -1.61. The molecule has 2 unspecified atom stereocenters. The van der Waals surface area contributed by atoms with Gasteiger partial charge in [-0.15, -0.1) is 0 Å². The molecule has 1 aromatic carbocycles. The highest BCUT2D eigenvalue weighted by molar-refractivity contribution is 5.81. The Balaban J connectivity index is 1.90. The molecule has 2 atom stereocenters. The lowest BCUT2D eigenvalue weighted by molar-refractivity contribution is 0.332. The summed E-state index contributed by atoms with van der Waals surface area (Å²) in [6.45, 7) is 6.70. The van der Waals surface area contributed by atoms with E-state index in [0.29, 0.717) is 12.0 Å². The average Bonchev–Trinajstić information content (AvgIpc) is 2.53. The Labute approximate surface area is 127 Å². The van der Waals surface area contributed by atoms with Gasteiger partial charge in [0.25, 0.3) is 0 Å². The predicted octanol–water partition coefficient (Wildman–Crippen LogP) is 3.37. The van der Waals surface area contributed by atoms with Gasteiger partial charge in [-0.25, -0.2) is 4.98 Å². The smallest absolute Gasteiger partial charge is 0.132 e. The number of nitrogens with one attached hydrogen (secondary N) is 1. The second-order valence-electron chi connectivity index (χ2n) is 6.25. The van der Waals surface area contributed by atoms with Gasteiger partial charge in [0, 0.05) is 24.5 Å². The molecule has 1 N–H and O–H groups in total. The van der Waals surface area contributed by atoms with Gasteiger partial charge >= 0.3 is 0 Å². The zero-order valence-corrected chi connectivity index (χ0v) is 13.3. The Morgan fingerprint density at radius 3 is 2.95 bits per heavy atom. The van der Waals surface area contributed by atoms with E-state index < -0.39 is 0 Å². The monoisotopic (exact) mass is 283 g/mol. The fourth-order valence-electron chi connectivity index (χ4n) is 3.38. The third-order valence-corrected chi connectivity index (χ3v) is 4.81. The standard InChI is InChI=1S/C18H25N3/c1-13-11-15-7-4-5-9-17(15)20-18(13)21-10-6-8-16(12-21)14(2)19-3/h4-5,7,9,11,14,16,19H,6,8,10,12H2,1-3H3. The van der Waals surface area contributed by atoms with Crippen LogP contribution in [-0.2, 0) is 0 Å². The molecule has 0 bridgehead atoms. The molecule has 2 heterocycles. The zero-order valence-electron chi connectivity index (χ0n) is 13.3. The second kappa shape index (κ2) is 6.02. The summed E-state index contributed by atoms with van der Waals surface area (Å²) in [6, 6.07) is 11.2. The molecule has 1 aromatic heterocycles. The maximum atomic E-state index is 4.92. The number of hydrogen-bond donors (Lipinski definition) is 1. The van der Waals surface area contributed by atoms with Crippen LogP contribution < -0.4 is 10.2 Å². The largest absolute Gasteiger partial charge is 0.356 e. The van der Waals surface area contributed by atoms with Gasteiger partial charge in [-0.3, -0.25) is 0 Å². The summed E-state index contributed by atoms with van der Waals surface area (Å²) in [6.07, 6.45) is 2.57. The van der Waals surface area contributed by atoms with Gasteiger partial charge in [0.1, 0.15) is 5.82 Å². The van der Waals surface area contributed by atoms with Gasteiger partial charge in [0.2, 0.25) is 0 Å². The number of rotatable bonds is 3. The van der Waals surface area contributed by atoms with E-state index in [1.165, 1.54) is 29.6 Å². The fourth-order valence-corrected chi connectivity index (χ4v) is 3.38. The van der Waals surface area contributed by atoms with E-state index in [0.717, 1.165) is 18.6 Å². The van der Waals surface area contributed by atoms with Gasteiger partial charge in [-0.2, -0.15) is 0 Å². The topological polar surface area (TPSA) is 28.2 Å². The highest BCUT2D eigenvalue weighted by Gasteiger charge is 2.25. The third kappa shape index (κ3) is 2.88. The number of nitrogens with zero attached hydrogens (tertiary/aromatic N) is 2. The van der Waals surface area contributed by atoms with Crippen molar-refractivity contribution in [3.05, 3.63) is 35.9 Å². The molecule has 0 radical (unpaired) electrons. The fraction of sp³-hybridized carbons (Fsp3) is 0.500. The van der Waals surface area contributed by atoms with Crippen molar-refractivity contribution in [2.75, 3.05) is 25.0 Å². The summed E-state index contributed by atoms with van der Waals surface area (Å²) in [7, 11) is 2.06. The van der Waals surface area contributed by atoms with Gasteiger partial charge in [0.05, 0.1) is 5.52 Å². The lowest BCUT2D eigenvalue weighted by Crippen LogP contribution is -2.44. The van der Waals surface area contributed by atoms with Crippen molar-refractivity contribution in [1.29, 1.82) is 0 Å². The van der Waals surface area contributed by atoms with E-state index in [2.05, 4.69) is 61.4 Å². The van der Waals surface area contributed by atoms with Crippen LogP contribution in [0.1, 0.15) is 25.3 Å². The molecule has 1 fully saturated rings. The minimum atomic E-state index is 0.563. The molecule has 3 rings (SSSR count). The highest BCUT2D eigenvalue weighted by atomic mass is 15.2. The van der Waals surface area contributed by atoms with Gasteiger partial charge in [0.15, 0.2) is 0 Å². The van der Waals surface area contributed by atoms with Crippen LogP contribution in [0.3, 0.4) is 0 Å². The number of fused-ring (bicyclic) bond motifs is 1. The van der Waals surface area contributed by atoms with E-state index in [4.69, 9.17) is 4.98 Å². The minimum Gasteiger partial charge on any atom is -0.356 e. The molecule has 3 heteroatoms. The molecule has 0 spiro atoms. The maximum absolute atomic E-state index is 4.92. The summed E-state index contributed by atoms with van der Waals surface area (Å²) >= 11 is 0. The molecule has 21 heavy (non-hydrogen) atoms. The van der Waals surface area contributed by atoms with Gasteiger partial charge < -0.3 is 10.2 Å². The van der Waals surface area contributed by atoms with Crippen molar-refractivity contribution < 1.29 is 0 Å². The first-order valence-electron chi connectivity index (χ1n) is 7.97. The third-order valence-electron chi connectivity index (χ3n) is 4.81. The molecular formula is C18H25N3. The lowest BCUT2D eigenvalue weighted by Gasteiger charge is -2.37.